The van der Waals surface area contributed by atoms with Crippen LogP contribution in [0.25, 0.3) is 0 Å². The van der Waals surface area contributed by atoms with Crippen molar-refractivity contribution in [2.24, 2.45) is 0 Å². The van der Waals surface area contributed by atoms with E-state index in [1.807, 2.05) is 18.2 Å². The minimum atomic E-state index is -3.45. The van der Waals surface area contributed by atoms with E-state index in [0.29, 0.717) is 23.0 Å². The van der Waals surface area contributed by atoms with Crippen molar-refractivity contribution >= 4 is 27.3 Å². The number of benzene rings is 1. The SMILES string of the molecule is CC(Oc1ccccc1)C(=O)NCc1ccc(S(=O)(=O)N2CCCCCC2)s1. The van der Waals surface area contributed by atoms with Gasteiger partial charge in [0, 0.05) is 18.0 Å². The van der Waals surface area contributed by atoms with Gasteiger partial charge in [0.05, 0.1) is 6.54 Å². The maximum atomic E-state index is 12.8. The third-order valence-corrected chi connectivity index (χ3v) is 8.11. The molecule has 0 aliphatic carbocycles. The highest BCUT2D eigenvalue weighted by Gasteiger charge is 2.26. The minimum absolute atomic E-state index is 0.242. The lowest BCUT2D eigenvalue weighted by molar-refractivity contribution is -0.127. The van der Waals surface area contributed by atoms with E-state index < -0.39 is 16.1 Å². The van der Waals surface area contributed by atoms with Gasteiger partial charge in [-0.25, -0.2) is 8.42 Å². The van der Waals surface area contributed by atoms with E-state index in [4.69, 9.17) is 4.74 Å². The number of amides is 1. The first kappa shape index (κ1) is 20.8. The second-order valence-electron chi connectivity index (χ2n) is 6.83. The van der Waals surface area contributed by atoms with E-state index in [1.165, 1.54) is 11.3 Å². The van der Waals surface area contributed by atoms with Crippen LogP contribution in [0.2, 0.25) is 0 Å². The smallest absolute Gasteiger partial charge is 0.261 e. The zero-order chi connectivity index (χ0) is 20.0. The summed E-state index contributed by atoms with van der Waals surface area (Å²) in [6.45, 7) is 3.13. The predicted octanol–water partition coefficient (Wildman–Crippen LogP) is 3.40. The van der Waals surface area contributed by atoms with Gasteiger partial charge in [-0.1, -0.05) is 31.0 Å². The van der Waals surface area contributed by atoms with Crippen molar-refractivity contribution in [2.45, 2.75) is 49.5 Å². The van der Waals surface area contributed by atoms with Gasteiger partial charge in [-0.3, -0.25) is 4.79 Å². The maximum Gasteiger partial charge on any atom is 0.261 e. The molecule has 1 amide bonds. The molecule has 1 aromatic heterocycles. The lowest BCUT2D eigenvalue weighted by atomic mass is 10.2. The van der Waals surface area contributed by atoms with Crippen molar-refractivity contribution in [2.75, 3.05) is 13.1 Å². The molecule has 0 bridgehead atoms. The Morgan fingerprint density at radius 2 is 1.79 bits per heavy atom. The zero-order valence-corrected chi connectivity index (χ0v) is 17.6. The fourth-order valence-corrected chi connectivity index (χ4v) is 6.04. The molecule has 1 unspecified atom stereocenters. The van der Waals surface area contributed by atoms with E-state index >= 15 is 0 Å². The number of hydrogen-bond acceptors (Lipinski definition) is 5. The first-order valence-corrected chi connectivity index (χ1v) is 11.8. The number of ether oxygens (including phenoxy) is 1. The molecule has 1 aliphatic heterocycles. The monoisotopic (exact) mass is 422 g/mol. The maximum absolute atomic E-state index is 12.8. The van der Waals surface area contributed by atoms with Crippen molar-refractivity contribution in [3.8, 4) is 5.75 Å². The summed E-state index contributed by atoms with van der Waals surface area (Å²) in [5, 5.41) is 2.81. The van der Waals surface area contributed by atoms with Crippen LogP contribution < -0.4 is 10.1 Å². The molecule has 3 rings (SSSR count). The van der Waals surface area contributed by atoms with Crippen LogP contribution in [0.4, 0.5) is 0 Å². The highest BCUT2D eigenvalue weighted by molar-refractivity contribution is 7.91. The van der Waals surface area contributed by atoms with Gasteiger partial charge in [0.2, 0.25) is 0 Å². The summed E-state index contributed by atoms with van der Waals surface area (Å²) in [6, 6.07) is 12.6. The number of hydrogen-bond donors (Lipinski definition) is 1. The van der Waals surface area contributed by atoms with E-state index in [1.54, 1.807) is 35.5 Å². The molecule has 1 N–H and O–H groups in total. The molecule has 152 valence electrons. The zero-order valence-electron chi connectivity index (χ0n) is 16.0. The molecule has 28 heavy (non-hydrogen) atoms. The molecule has 1 aliphatic rings. The summed E-state index contributed by atoms with van der Waals surface area (Å²) in [5.74, 6) is 0.390. The molecule has 1 saturated heterocycles. The fourth-order valence-electron chi connectivity index (χ4n) is 3.08. The van der Waals surface area contributed by atoms with Crippen LogP contribution >= 0.6 is 11.3 Å². The largest absolute Gasteiger partial charge is 0.481 e. The molecular formula is C20H26N2O4S2. The summed E-state index contributed by atoms with van der Waals surface area (Å²) < 4.78 is 33.2. The second-order valence-corrected chi connectivity index (χ2v) is 10.2. The lowest BCUT2D eigenvalue weighted by Crippen LogP contribution is -2.35. The van der Waals surface area contributed by atoms with Crippen molar-refractivity contribution in [3.63, 3.8) is 0 Å². The van der Waals surface area contributed by atoms with Gasteiger partial charge in [0.1, 0.15) is 9.96 Å². The van der Waals surface area contributed by atoms with Gasteiger partial charge in [-0.15, -0.1) is 11.3 Å². The Bertz CT molecular complexity index is 873. The van der Waals surface area contributed by atoms with Gasteiger partial charge in [-0.2, -0.15) is 4.31 Å². The molecule has 0 spiro atoms. The quantitative estimate of drug-likeness (QED) is 0.742. The molecule has 0 radical (unpaired) electrons. The van der Waals surface area contributed by atoms with E-state index in [-0.39, 0.29) is 12.5 Å². The number of carbonyl (C=O) groups excluding carboxylic acids is 1. The topological polar surface area (TPSA) is 75.7 Å². The summed E-state index contributed by atoms with van der Waals surface area (Å²) in [4.78, 5) is 13.1. The third-order valence-electron chi connectivity index (χ3n) is 4.66. The van der Waals surface area contributed by atoms with Gasteiger partial charge in [0.15, 0.2) is 6.10 Å². The Kier molecular flexibility index (Phi) is 7.09. The third kappa shape index (κ3) is 5.33. The first-order valence-electron chi connectivity index (χ1n) is 9.55. The number of carbonyl (C=O) groups is 1. The molecule has 1 aromatic carbocycles. The van der Waals surface area contributed by atoms with Crippen LogP contribution in [0.3, 0.4) is 0 Å². The number of rotatable bonds is 7. The Balaban J connectivity index is 1.56. The number of para-hydroxylation sites is 1. The fraction of sp³-hybridized carbons (Fsp3) is 0.450. The van der Waals surface area contributed by atoms with Crippen LogP contribution in [-0.2, 0) is 21.4 Å². The molecule has 2 aromatic rings. The van der Waals surface area contributed by atoms with Crippen LogP contribution in [0.15, 0.2) is 46.7 Å². The van der Waals surface area contributed by atoms with Gasteiger partial charge < -0.3 is 10.1 Å². The number of sulfonamides is 1. The van der Waals surface area contributed by atoms with E-state index in [9.17, 15) is 13.2 Å². The predicted molar refractivity (Wildman–Crippen MR) is 110 cm³/mol. The average molecular weight is 423 g/mol. The molecular weight excluding hydrogens is 396 g/mol. The summed E-state index contributed by atoms with van der Waals surface area (Å²) in [6.07, 6.45) is 3.34. The van der Waals surface area contributed by atoms with Gasteiger partial charge in [-0.05, 0) is 44.0 Å². The van der Waals surface area contributed by atoms with Crippen LogP contribution in [-0.4, -0.2) is 37.8 Å². The Labute approximate surface area is 170 Å². The minimum Gasteiger partial charge on any atom is -0.481 e. The second kappa shape index (κ2) is 9.54. The molecule has 2 heterocycles. The summed E-state index contributed by atoms with van der Waals surface area (Å²) in [7, 11) is -3.45. The van der Waals surface area contributed by atoms with Crippen molar-refractivity contribution in [3.05, 3.63) is 47.3 Å². The number of nitrogens with zero attached hydrogens (tertiary/aromatic N) is 1. The number of thiophene rings is 1. The average Bonchev–Trinajstić information content (AvgIpc) is 3.00. The summed E-state index contributed by atoms with van der Waals surface area (Å²) in [5.41, 5.74) is 0. The van der Waals surface area contributed by atoms with Gasteiger partial charge >= 0.3 is 0 Å². The highest BCUT2D eigenvalue weighted by Crippen LogP contribution is 2.26. The van der Waals surface area contributed by atoms with Crippen LogP contribution in [0, 0.1) is 0 Å². The van der Waals surface area contributed by atoms with Crippen molar-refractivity contribution in [1.29, 1.82) is 0 Å². The molecule has 1 atom stereocenters. The standard InChI is InChI=1S/C20H26N2O4S2/c1-16(26-17-9-5-4-6-10-17)20(23)21-15-18-11-12-19(27-18)28(24,25)22-13-7-2-3-8-14-22/h4-6,9-12,16H,2-3,7-8,13-15H2,1H3,(H,21,23). The molecule has 0 saturated carbocycles. The first-order chi connectivity index (χ1) is 13.5. The van der Waals surface area contributed by atoms with Crippen molar-refractivity contribution in [1.82, 2.24) is 9.62 Å². The molecule has 1 fully saturated rings. The highest BCUT2D eigenvalue weighted by atomic mass is 32.2. The van der Waals surface area contributed by atoms with Crippen LogP contribution in [0.5, 0.6) is 5.75 Å². The number of nitrogens with one attached hydrogen (secondary N) is 1. The Hall–Kier alpha value is -1.90. The Morgan fingerprint density at radius 1 is 1.11 bits per heavy atom. The summed E-state index contributed by atoms with van der Waals surface area (Å²) >= 11 is 1.21. The van der Waals surface area contributed by atoms with E-state index in [2.05, 4.69) is 5.32 Å². The van der Waals surface area contributed by atoms with Crippen LogP contribution in [0.1, 0.15) is 37.5 Å². The lowest BCUT2D eigenvalue weighted by Gasteiger charge is -2.18. The Morgan fingerprint density at radius 3 is 2.46 bits per heavy atom. The normalized spacial score (nSPS) is 16.9. The van der Waals surface area contributed by atoms with Crippen molar-refractivity contribution < 1.29 is 17.9 Å². The molecule has 8 heteroatoms. The van der Waals surface area contributed by atoms with E-state index in [0.717, 1.165) is 30.6 Å². The molecule has 6 nitrogen and oxygen atoms in total. The van der Waals surface area contributed by atoms with Gasteiger partial charge in [0.25, 0.3) is 15.9 Å².